The van der Waals surface area contributed by atoms with Crippen LogP contribution in [0.5, 0.6) is 0 Å². The zero-order chi connectivity index (χ0) is 10.6. The molecule has 0 saturated carbocycles. The van der Waals surface area contributed by atoms with Gasteiger partial charge in [0.2, 0.25) is 15.9 Å². The summed E-state index contributed by atoms with van der Waals surface area (Å²) in [5.41, 5.74) is 5.23. The van der Waals surface area contributed by atoms with E-state index in [1.807, 2.05) is 0 Å². The van der Waals surface area contributed by atoms with Crippen molar-refractivity contribution in [2.24, 2.45) is 5.73 Å². The van der Waals surface area contributed by atoms with Crippen molar-refractivity contribution in [1.29, 1.82) is 0 Å². The Balaban J connectivity index is 2.57. The van der Waals surface area contributed by atoms with E-state index in [0.29, 0.717) is 26.1 Å². The van der Waals surface area contributed by atoms with Crippen LogP contribution >= 0.6 is 0 Å². The van der Waals surface area contributed by atoms with E-state index in [1.165, 1.54) is 4.31 Å². The average molecular weight is 221 g/mol. The van der Waals surface area contributed by atoms with Crippen LogP contribution in [0.25, 0.3) is 0 Å². The number of hydrogen-bond donors (Lipinski definition) is 2. The van der Waals surface area contributed by atoms with E-state index in [2.05, 4.69) is 5.32 Å². The van der Waals surface area contributed by atoms with Gasteiger partial charge in [0.15, 0.2) is 0 Å². The molecule has 0 aromatic heterocycles. The number of carbonyl (C=O) groups is 1. The Labute approximate surface area is 83.5 Å². The molecule has 3 N–H and O–H groups in total. The summed E-state index contributed by atoms with van der Waals surface area (Å²) >= 11 is 0. The summed E-state index contributed by atoms with van der Waals surface area (Å²) < 4.78 is 24.4. The van der Waals surface area contributed by atoms with Gasteiger partial charge >= 0.3 is 0 Å². The highest BCUT2D eigenvalue weighted by atomic mass is 32.2. The lowest BCUT2D eigenvalue weighted by atomic mass is 10.4. The lowest BCUT2D eigenvalue weighted by Crippen LogP contribution is -2.50. The smallest absolute Gasteiger partial charge is 0.235 e. The summed E-state index contributed by atoms with van der Waals surface area (Å²) in [6, 6.07) is 0. The van der Waals surface area contributed by atoms with E-state index in [9.17, 15) is 13.2 Å². The van der Waals surface area contributed by atoms with Crippen molar-refractivity contribution in [1.82, 2.24) is 9.62 Å². The topological polar surface area (TPSA) is 92.5 Å². The number of sulfonamides is 1. The SMILES string of the molecule is NCCCS(=O)(=O)N1CCNC(=O)C1. The molecule has 1 amide bonds. The van der Waals surface area contributed by atoms with Crippen molar-refractivity contribution >= 4 is 15.9 Å². The van der Waals surface area contributed by atoms with Gasteiger partial charge in [-0.1, -0.05) is 0 Å². The Morgan fingerprint density at radius 1 is 1.50 bits per heavy atom. The predicted molar refractivity (Wildman–Crippen MR) is 52.0 cm³/mol. The fourth-order valence-corrected chi connectivity index (χ4v) is 2.72. The largest absolute Gasteiger partial charge is 0.354 e. The maximum Gasteiger partial charge on any atom is 0.235 e. The monoisotopic (exact) mass is 221 g/mol. The first-order chi connectivity index (χ1) is 6.56. The number of nitrogens with zero attached hydrogens (tertiary/aromatic N) is 1. The molecule has 1 rings (SSSR count). The van der Waals surface area contributed by atoms with Gasteiger partial charge in [-0.15, -0.1) is 0 Å². The first-order valence-electron chi connectivity index (χ1n) is 4.51. The molecule has 0 spiro atoms. The van der Waals surface area contributed by atoms with E-state index in [-0.39, 0.29) is 18.2 Å². The normalized spacial score (nSPS) is 19.4. The molecule has 0 atom stereocenters. The molecular weight excluding hydrogens is 206 g/mol. The summed E-state index contributed by atoms with van der Waals surface area (Å²) in [5.74, 6) is -0.218. The quantitative estimate of drug-likeness (QED) is 0.580. The van der Waals surface area contributed by atoms with Gasteiger partial charge in [0.05, 0.1) is 12.3 Å². The standard InChI is InChI=1S/C7H15N3O3S/c8-2-1-5-14(12,13)10-4-3-9-7(11)6-10/h1-6,8H2,(H,9,11). The molecule has 6 nitrogen and oxygen atoms in total. The minimum absolute atomic E-state index is 0.0246. The van der Waals surface area contributed by atoms with E-state index in [1.54, 1.807) is 0 Å². The van der Waals surface area contributed by atoms with E-state index in [4.69, 9.17) is 5.73 Å². The summed E-state index contributed by atoms with van der Waals surface area (Å²) in [6.45, 7) is 1.03. The van der Waals surface area contributed by atoms with Crippen molar-refractivity contribution in [2.45, 2.75) is 6.42 Å². The van der Waals surface area contributed by atoms with Crippen LogP contribution in [0.15, 0.2) is 0 Å². The highest BCUT2D eigenvalue weighted by Crippen LogP contribution is 2.04. The van der Waals surface area contributed by atoms with Gasteiger partial charge in [0, 0.05) is 13.1 Å². The number of amides is 1. The molecule has 82 valence electrons. The summed E-state index contributed by atoms with van der Waals surface area (Å²) in [6.07, 6.45) is 0.431. The Morgan fingerprint density at radius 3 is 2.79 bits per heavy atom. The molecule has 0 bridgehead atoms. The first-order valence-corrected chi connectivity index (χ1v) is 6.12. The van der Waals surface area contributed by atoms with Crippen LogP contribution in [0.4, 0.5) is 0 Å². The lowest BCUT2D eigenvalue weighted by Gasteiger charge is -2.25. The number of hydrogen-bond acceptors (Lipinski definition) is 4. The number of nitrogens with two attached hydrogens (primary N) is 1. The molecule has 0 radical (unpaired) electrons. The summed E-state index contributed by atoms with van der Waals surface area (Å²) in [4.78, 5) is 11.0. The molecule has 1 aliphatic heterocycles. The molecule has 7 heteroatoms. The Kier molecular flexibility index (Phi) is 3.85. The minimum atomic E-state index is -3.29. The van der Waals surface area contributed by atoms with Crippen molar-refractivity contribution in [3.8, 4) is 0 Å². The summed E-state index contributed by atoms with van der Waals surface area (Å²) in [5, 5.41) is 2.57. The summed E-state index contributed by atoms with van der Waals surface area (Å²) in [7, 11) is -3.29. The highest BCUT2D eigenvalue weighted by molar-refractivity contribution is 7.89. The molecule has 0 unspecified atom stereocenters. The maximum atomic E-state index is 11.6. The van der Waals surface area contributed by atoms with Crippen LogP contribution in [-0.4, -0.2) is 50.6 Å². The third-order valence-corrected chi connectivity index (χ3v) is 3.91. The molecule has 1 aliphatic rings. The third-order valence-electron chi connectivity index (χ3n) is 2.00. The highest BCUT2D eigenvalue weighted by Gasteiger charge is 2.26. The van der Waals surface area contributed by atoms with Gasteiger partial charge in [-0.2, -0.15) is 4.31 Å². The second-order valence-electron chi connectivity index (χ2n) is 3.14. The second-order valence-corrected chi connectivity index (χ2v) is 5.23. The van der Waals surface area contributed by atoms with Crippen molar-refractivity contribution in [3.63, 3.8) is 0 Å². The molecule has 1 saturated heterocycles. The molecule has 14 heavy (non-hydrogen) atoms. The third kappa shape index (κ3) is 2.93. The van der Waals surface area contributed by atoms with Crippen molar-refractivity contribution in [2.75, 3.05) is 31.9 Å². The molecule has 0 aromatic carbocycles. The number of carbonyl (C=O) groups excluding carboxylic acids is 1. The number of piperazine rings is 1. The van der Waals surface area contributed by atoms with E-state index < -0.39 is 10.0 Å². The zero-order valence-electron chi connectivity index (χ0n) is 7.90. The molecule has 0 aliphatic carbocycles. The fraction of sp³-hybridized carbons (Fsp3) is 0.857. The first kappa shape index (κ1) is 11.4. The van der Waals surface area contributed by atoms with Gasteiger partial charge in [-0.05, 0) is 13.0 Å². The van der Waals surface area contributed by atoms with Gasteiger partial charge in [-0.25, -0.2) is 8.42 Å². The van der Waals surface area contributed by atoms with Crippen LogP contribution in [0.2, 0.25) is 0 Å². The van der Waals surface area contributed by atoms with Crippen LogP contribution < -0.4 is 11.1 Å². The van der Waals surface area contributed by atoms with Crippen LogP contribution in [0.1, 0.15) is 6.42 Å². The number of nitrogens with one attached hydrogen (secondary N) is 1. The minimum Gasteiger partial charge on any atom is -0.354 e. The van der Waals surface area contributed by atoms with Crippen LogP contribution in [0.3, 0.4) is 0 Å². The van der Waals surface area contributed by atoms with Gasteiger partial charge < -0.3 is 11.1 Å². The van der Waals surface area contributed by atoms with Crippen molar-refractivity contribution < 1.29 is 13.2 Å². The van der Waals surface area contributed by atoms with Crippen LogP contribution in [0, 0.1) is 0 Å². The Hall–Kier alpha value is -0.660. The van der Waals surface area contributed by atoms with Gasteiger partial charge in [-0.3, -0.25) is 4.79 Å². The average Bonchev–Trinajstić information content (AvgIpc) is 2.15. The van der Waals surface area contributed by atoms with E-state index in [0.717, 1.165) is 0 Å². The molecule has 0 aromatic rings. The maximum absolute atomic E-state index is 11.6. The molecule has 1 fully saturated rings. The number of rotatable bonds is 4. The fourth-order valence-electron chi connectivity index (χ4n) is 1.25. The Morgan fingerprint density at radius 2 is 2.21 bits per heavy atom. The van der Waals surface area contributed by atoms with Crippen LogP contribution in [-0.2, 0) is 14.8 Å². The molecular formula is C7H15N3O3S. The predicted octanol–water partition coefficient (Wildman–Crippen LogP) is -1.90. The second kappa shape index (κ2) is 4.72. The molecule has 1 heterocycles. The zero-order valence-corrected chi connectivity index (χ0v) is 8.72. The van der Waals surface area contributed by atoms with E-state index >= 15 is 0 Å². The Bertz CT molecular complexity index is 301. The van der Waals surface area contributed by atoms with Gasteiger partial charge in [0.1, 0.15) is 0 Å². The van der Waals surface area contributed by atoms with Crippen molar-refractivity contribution in [3.05, 3.63) is 0 Å². The van der Waals surface area contributed by atoms with Gasteiger partial charge in [0.25, 0.3) is 0 Å². The lowest BCUT2D eigenvalue weighted by molar-refractivity contribution is -0.122.